The van der Waals surface area contributed by atoms with Gasteiger partial charge in [-0.15, -0.1) is 0 Å². The highest BCUT2D eigenvalue weighted by atomic mass is 16.4. The average Bonchev–Trinajstić information content (AvgIpc) is 2.63. The molecule has 0 aromatic rings. The van der Waals surface area contributed by atoms with Gasteiger partial charge in [0.2, 0.25) is 0 Å². The number of hydrogen-bond donors (Lipinski definition) is 2. The molecule has 1 fully saturated rings. The zero-order valence-corrected chi connectivity index (χ0v) is 8.48. The van der Waals surface area contributed by atoms with Gasteiger partial charge in [0.15, 0.2) is 0 Å². The Morgan fingerprint density at radius 2 is 1.80 bits per heavy atom. The zero-order valence-electron chi connectivity index (χ0n) is 8.48. The topological polar surface area (TPSA) is 77.8 Å². The van der Waals surface area contributed by atoms with E-state index in [9.17, 15) is 9.59 Å². The Bertz CT molecular complexity index is 279. The van der Waals surface area contributed by atoms with Gasteiger partial charge >= 0.3 is 11.9 Å². The molecule has 0 aliphatic carbocycles. The first-order valence-electron chi connectivity index (χ1n) is 4.99. The van der Waals surface area contributed by atoms with Crippen molar-refractivity contribution in [3.8, 4) is 0 Å². The molecule has 0 aromatic heterocycles. The van der Waals surface area contributed by atoms with Crippen LogP contribution < -0.4 is 0 Å². The summed E-state index contributed by atoms with van der Waals surface area (Å²) in [4.78, 5) is 23.2. The summed E-state index contributed by atoms with van der Waals surface area (Å²) in [7, 11) is 0. The fourth-order valence-corrected chi connectivity index (χ4v) is 1.67. The lowest BCUT2D eigenvalue weighted by Gasteiger charge is -2.13. The van der Waals surface area contributed by atoms with Crippen LogP contribution in [0.3, 0.4) is 0 Å². The molecule has 0 spiro atoms. The molecule has 1 heterocycles. The van der Waals surface area contributed by atoms with Crippen molar-refractivity contribution in [3.05, 3.63) is 11.6 Å². The quantitative estimate of drug-likeness (QED) is 0.653. The molecule has 0 aromatic carbocycles. The van der Waals surface area contributed by atoms with E-state index in [1.165, 1.54) is 0 Å². The summed E-state index contributed by atoms with van der Waals surface area (Å²) in [6.45, 7) is 2.60. The summed E-state index contributed by atoms with van der Waals surface area (Å²) in [5.41, 5.74) is -0.0330. The van der Waals surface area contributed by atoms with Gasteiger partial charge in [-0.05, 0) is 32.4 Å². The maximum absolute atomic E-state index is 10.7. The Labute approximate surface area is 88.0 Å². The second-order valence-electron chi connectivity index (χ2n) is 3.61. The standard InChI is InChI=1S/C10H15NO4/c12-9(13)7-8(10(14)15)3-6-11-4-1-2-5-11/h7H,1-6H2,(H,12,13)(H,14,15)/b8-7+. The van der Waals surface area contributed by atoms with Gasteiger partial charge in [0.25, 0.3) is 0 Å². The van der Waals surface area contributed by atoms with E-state index in [2.05, 4.69) is 4.90 Å². The van der Waals surface area contributed by atoms with Gasteiger partial charge < -0.3 is 15.1 Å². The molecule has 0 amide bonds. The minimum atomic E-state index is -1.20. The Kier molecular flexibility index (Phi) is 4.30. The molecule has 0 unspecified atom stereocenters. The normalized spacial score (nSPS) is 18.0. The third-order valence-corrected chi connectivity index (χ3v) is 2.47. The largest absolute Gasteiger partial charge is 0.478 e. The summed E-state index contributed by atoms with van der Waals surface area (Å²) in [6, 6.07) is 0. The summed E-state index contributed by atoms with van der Waals surface area (Å²) < 4.78 is 0. The van der Waals surface area contributed by atoms with Crippen molar-refractivity contribution in [3.63, 3.8) is 0 Å². The molecule has 1 rings (SSSR count). The van der Waals surface area contributed by atoms with Crippen LogP contribution in [0.15, 0.2) is 11.6 Å². The molecule has 2 N–H and O–H groups in total. The van der Waals surface area contributed by atoms with E-state index in [4.69, 9.17) is 10.2 Å². The van der Waals surface area contributed by atoms with Gasteiger partial charge in [-0.3, -0.25) is 0 Å². The van der Waals surface area contributed by atoms with E-state index < -0.39 is 11.9 Å². The highest BCUT2D eigenvalue weighted by Gasteiger charge is 2.14. The lowest BCUT2D eigenvalue weighted by Crippen LogP contribution is -2.22. The van der Waals surface area contributed by atoms with Crippen molar-refractivity contribution in [1.82, 2.24) is 4.90 Å². The highest BCUT2D eigenvalue weighted by molar-refractivity contribution is 5.94. The Morgan fingerprint density at radius 1 is 1.20 bits per heavy atom. The Hall–Kier alpha value is -1.36. The summed E-state index contributed by atoms with van der Waals surface area (Å²) in [5, 5.41) is 17.2. The number of nitrogens with zero attached hydrogens (tertiary/aromatic N) is 1. The van der Waals surface area contributed by atoms with Crippen molar-refractivity contribution < 1.29 is 19.8 Å². The molecule has 0 bridgehead atoms. The smallest absolute Gasteiger partial charge is 0.331 e. The van der Waals surface area contributed by atoms with Crippen LogP contribution in [-0.2, 0) is 9.59 Å². The molecular weight excluding hydrogens is 198 g/mol. The Morgan fingerprint density at radius 3 is 2.27 bits per heavy atom. The van der Waals surface area contributed by atoms with Gasteiger partial charge in [0.1, 0.15) is 0 Å². The van der Waals surface area contributed by atoms with Crippen LogP contribution in [0.1, 0.15) is 19.3 Å². The number of carboxylic acid groups (broad SMARTS) is 2. The second kappa shape index (κ2) is 5.50. The molecule has 5 nitrogen and oxygen atoms in total. The SMILES string of the molecule is O=C(O)/C=C(\CCN1CCCC1)C(=O)O. The molecule has 0 atom stereocenters. The first-order valence-corrected chi connectivity index (χ1v) is 4.99. The monoisotopic (exact) mass is 213 g/mol. The fraction of sp³-hybridized carbons (Fsp3) is 0.600. The molecule has 1 saturated heterocycles. The van der Waals surface area contributed by atoms with Gasteiger partial charge in [0, 0.05) is 18.2 Å². The summed E-state index contributed by atoms with van der Waals surface area (Å²) >= 11 is 0. The summed E-state index contributed by atoms with van der Waals surface area (Å²) in [5.74, 6) is -2.34. The van der Waals surface area contributed by atoms with Crippen molar-refractivity contribution in [2.45, 2.75) is 19.3 Å². The molecule has 0 radical (unpaired) electrons. The van der Waals surface area contributed by atoms with E-state index in [-0.39, 0.29) is 5.57 Å². The lowest BCUT2D eigenvalue weighted by atomic mass is 10.1. The molecule has 1 aliphatic heterocycles. The predicted octanol–water partition coefficient (Wildman–Crippen LogP) is 0.568. The zero-order chi connectivity index (χ0) is 11.3. The number of likely N-dealkylation sites (tertiary alicyclic amines) is 1. The first kappa shape index (κ1) is 11.7. The van der Waals surface area contributed by atoms with E-state index in [1.54, 1.807) is 0 Å². The van der Waals surface area contributed by atoms with Crippen LogP contribution in [0.2, 0.25) is 0 Å². The maximum Gasteiger partial charge on any atom is 0.331 e. The average molecular weight is 213 g/mol. The number of rotatable bonds is 5. The third kappa shape index (κ3) is 4.12. The second-order valence-corrected chi connectivity index (χ2v) is 3.61. The van der Waals surface area contributed by atoms with Crippen LogP contribution in [0.25, 0.3) is 0 Å². The number of carbonyl (C=O) groups is 2. The molecule has 84 valence electrons. The first-order chi connectivity index (χ1) is 7.09. The maximum atomic E-state index is 10.7. The third-order valence-electron chi connectivity index (χ3n) is 2.47. The van der Waals surface area contributed by atoms with Crippen LogP contribution in [0, 0.1) is 0 Å². The lowest BCUT2D eigenvalue weighted by molar-refractivity contribution is -0.135. The summed E-state index contributed by atoms with van der Waals surface area (Å²) in [6.07, 6.45) is 3.36. The van der Waals surface area contributed by atoms with Crippen molar-refractivity contribution in [1.29, 1.82) is 0 Å². The highest BCUT2D eigenvalue weighted by Crippen LogP contribution is 2.10. The van der Waals surface area contributed by atoms with Gasteiger partial charge in [-0.2, -0.15) is 0 Å². The predicted molar refractivity (Wildman–Crippen MR) is 53.6 cm³/mol. The molecule has 5 heteroatoms. The van der Waals surface area contributed by atoms with Crippen LogP contribution in [0.5, 0.6) is 0 Å². The van der Waals surface area contributed by atoms with E-state index in [0.717, 1.165) is 32.0 Å². The number of aliphatic carboxylic acids is 2. The van der Waals surface area contributed by atoms with E-state index in [0.29, 0.717) is 13.0 Å². The van der Waals surface area contributed by atoms with Crippen molar-refractivity contribution >= 4 is 11.9 Å². The Balaban J connectivity index is 2.44. The van der Waals surface area contributed by atoms with Crippen molar-refractivity contribution in [2.24, 2.45) is 0 Å². The fourth-order valence-electron chi connectivity index (χ4n) is 1.67. The number of hydrogen-bond acceptors (Lipinski definition) is 3. The number of carboxylic acids is 2. The van der Waals surface area contributed by atoms with Crippen LogP contribution >= 0.6 is 0 Å². The van der Waals surface area contributed by atoms with Crippen LogP contribution in [-0.4, -0.2) is 46.7 Å². The van der Waals surface area contributed by atoms with Crippen LogP contribution in [0.4, 0.5) is 0 Å². The van der Waals surface area contributed by atoms with Gasteiger partial charge in [0.05, 0.1) is 0 Å². The minimum Gasteiger partial charge on any atom is -0.478 e. The van der Waals surface area contributed by atoms with Gasteiger partial charge in [-0.1, -0.05) is 0 Å². The van der Waals surface area contributed by atoms with Gasteiger partial charge in [-0.25, -0.2) is 9.59 Å². The minimum absolute atomic E-state index is 0.0330. The molecule has 1 aliphatic rings. The van der Waals surface area contributed by atoms with E-state index >= 15 is 0 Å². The molecule has 15 heavy (non-hydrogen) atoms. The van der Waals surface area contributed by atoms with E-state index in [1.807, 2.05) is 0 Å². The molecular formula is C10H15NO4. The van der Waals surface area contributed by atoms with Crippen molar-refractivity contribution in [2.75, 3.05) is 19.6 Å². The molecule has 0 saturated carbocycles.